The second kappa shape index (κ2) is 4.85. The van der Waals surface area contributed by atoms with Crippen molar-refractivity contribution in [2.45, 2.75) is 0 Å². The van der Waals surface area contributed by atoms with E-state index in [1.54, 1.807) is 0 Å². The zero-order chi connectivity index (χ0) is 12.4. The first kappa shape index (κ1) is 12.1. The molecule has 0 radical (unpaired) electrons. The Morgan fingerprint density at radius 1 is 1.41 bits per heavy atom. The van der Waals surface area contributed by atoms with Gasteiger partial charge < -0.3 is 10.0 Å². The van der Waals surface area contributed by atoms with Crippen molar-refractivity contribution in [2.24, 2.45) is 0 Å². The van der Waals surface area contributed by atoms with Gasteiger partial charge in [0.25, 0.3) is 0 Å². The lowest BCUT2D eigenvalue weighted by Crippen LogP contribution is -2.08. The van der Waals surface area contributed by atoms with E-state index in [1.807, 2.05) is 36.2 Å². The summed E-state index contributed by atoms with van der Waals surface area (Å²) in [6.07, 6.45) is 1.37. The van der Waals surface area contributed by atoms with Gasteiger partial charge in [0.1, 0.15) is 4.88 Å². The van der Waals surface area contributed by atoms with Crippen LogP contribution in [0.1, 0.15) is 9.67 Å². The number of hydrogen-bond acceptors (Lipinski definition) is 4. The smallest absolute Gasteiger partial charge is 0.347 e. The van der Waals surface area contributed by atoms with E-state index in [0.29, 0.717) is 5.13 Å². The first-order valence-electron chi connectivity index (χ1n) is 4.76. The van der Waals surface area contributed by atoms with Crippen molar-refractivity contribution >= 4 is 44.1 Å². The summed E-state index contributed by atoms with van der Waals surface area (Å²) in [6, 6.07) is 7.73. The molecule has 0 spiro atoms. The summed E-state index contributed by atoms with van der Waals surface area (Å²) in [5, 5.41) is 9.49. The van der Waals surface area contributed by atoms with Crippen molar-refractivity contribution in [3.05, 3.63) is 39.8 Å². The zero-order valence-electron chi connectivity index (χ0n) is 8.92. The summed E-state index contributed by atoms with van der Waals surface area (Å²) in [7, 11) is 1.85. The maximum atomic E-state index is 10.8. The van der Waals surface area contributed by atoms with Crippen LogP contribution in [0.25, 0.3) is 0 Å². The Morgan fingerprint density at radius 3 is 2.59 bits per heavy atom. The summed E-state index contributed by atoms with van der Waals surface area (Å²) in [6.45, 7) is 0. The number of anilines is 2. The third-order valence-corrected chi connectivity index (χ3v) is 3.80. The highest BCUT2D eigenvalue weighted by atomic mass is 79.9. The number of nitrogens with zero attached hydrogens (tertiary/aromatic N) is 2. The summed E-state index contributed by atoms with van der Waals surface area (Å²) in [4.78, 5) is 16.9. The number of aromatic carboxylic acids is 1. The van der Waals surface area contributed by atoms with Gasteiger partial charge in [-0.2, -0.15) is 0 Å². The molecule has 1 N–H and O–H groups in total. The molecule has 0 saturated heterocycles. The van der Waals surface area contributed by atoms with Gasteiger partial charge in [-0.15, -0.1) is 0 Å². The van der Waals surface area contributed by atoms with Crippen LogP contribution in [0, 0.1) is 0 Å². The molecule has 4 nitrogen and oxygen atoms in total. The minimum atomic E-state index is -0.946. The van der Waals surface area contributed by atoms with Gasteiger partial charge in [-0.3, -0.25) is 0 Å². The van der Waals surface area contributed by atoms with Crippen molar-refractivity contribution in [1.29, 1.82) is 0 Å². The summed E-state index contributed by atoms with van der Waals surface area (Å²) in [5.41, 5.74) is 0.958. The molecule has 0 aliphatic carbocycles. The standard InChI is InChI=1S/C11H9BrN2O2S/c1-14(8-4-2-7(12)3-5-8)11-13-6-9(17-11)10(15)16/h2-6H,1H3,(H,15,16). The molecule has 17 heavy (non-hydrogen) atoms. The highest BCUT2D eigenvalue weighted by molar-refractivity contribution is 9.10. The Hall–Kier alpha value is -1.40. The molecule has 0 saturated carbocycles. The number of hydrogen-bond donors (Lipinski definition) is 1. The van der Waals surface area contributed by atoms with Crippen molar-refractivity contribution in [3.8, 4) is 0 Å². The molecule has 0 atom stereocenters. The average molecular weight is 313 g/mol. The molecule has 0 unspecified atom stereocenters. The maximum Gasteiger partial charge on any atom is 0.347 e. The molecule has 0 aliphatic heterocycles. The third-order valence-electron chi connectivity index (χ3n) is 2.21. The Kier molecular flexibility index (Phi) is 3.44. The second-order valence-electron chi connectivity index (χ2n) is 3.35. The highest BCUT2D eigenvalue weighted by Crippen LogP contribution is 2.28. The van der Waals surface area contributed by atoms with Crippen LogP contribution >= 0.6 is 27.3 Å². The molecule has 2 aromatic rings. The number of thiazole rings is 1. The molecule has 0 aliphatic rings. The summed E-state index contributed by atoms with van der Waals surface area (Å²) < 4.78 is 1.00. The number of rotatable bonds is 3. The van der Waals surface area contributed by atoms with E-state index >= 15 is 0 Å². The molecular formula is C11H9BrN2O2S. The predicted octanol–water partition coefficient (Wildman–Crippen LogP) is 3.37. The topological polar surface area (TPSA) is 53.4 Å². The van der Waals surface area contributed by atoms with Crippen molar-refractivity contribution in [2.75, 3.05) is 11.9 Å². The Bertz CT molecular complexity index is 539. The van der Waals surface area contributed by atoms with Gasteiger partial charge in [0.05, 0.1) is 6.20 Å². The van der Waals surface area contributed by atoms with Crippen LogP contribution in [-0.4, -0.2) is 23.1 Å². The van der Waals surface area contributed by atoms with Crippen LogP contribution in [-0.2, 0) is 0 Å². The Morgan fingerprint density at radius 2 is 2.06 bits per heavy atom. The van der Waals surface area contributed by atoms with Crippen LogP contribution in [0.15, 0.2) is 34.9 Å². The van der Waals surface area contributed by atoms with Crippen LogP contribution in [0.4, 0.5) is 10.8 Å². The van der Waals surface area contributed by atoms with Gasteiger partial charge in [0, 0.05) is 17.2 Å². The maximum absolute atomic E-state index is 10.8. The van der Waals surface area contributed by atoms with E-state index in [1.165, 1.54) is 6.20 Å². The number of carboxylic acid groups (broad SMARTS) is 1. The van der Waals surface area contributed by atoms with Gasteiger partial charge >= 0.3 is 5.97 Å². The number of aromatic nitrogens is 1. The van der Waals surface area contributed by atoms with E-state index in [4.69, 9.17) is 5.11 Å². The van der Waals surface area contributed by atoms with Gasteiger partial charge in [0.15, 0.2) is 5.13 Å². The normalized spacial score (nSPS) is 10.2. The minimum absolute atomic E-state index is 0.240. The molecule has 1 aromatic heterocycles. The number of halogens is 1. The molecule has 0 fully saturated rings. The zero-order valence-corrected chi connectivity index (χ0v) is 11.3. The van der Waals surface area contributed by atoms with Gasteiger partial charge in [-0.05, 0) is 24.3 Å². The van der Waals surface area contributed by atoms with Crippen molar-refractivity contribution < 1.29 is 9.90 Å². The SMILES string of the molecule is CN(c1ccc(Br)cc1)c1ncc(C(=O)O)s1. The molecular weight excluding hydrogens is 304 g/mol. The highest BCUT2D eigenvalue weighted by Gasteiger charge is 2.12. The van der Waals surface area contributed by atoms with E-state index in [0.717, 1.165) is 21.5 Å². The van der Waals surface area contributed by atoms with E-state index < -0.39 is 5.97 Å². The van der Waals surface area contributed by atoms with Crippen LogP contribution < -0.4 is 4.90 Å². The Labute approximate surface area is 111 Å². The van der Waals surface area contributed by atoms with Crippen LogP contribution in [0.3, 0.4) is 0 Å². The van der Waals surface area contributed by atoms with Crippen molar-refractivity contribution in [1.82, 2.24) is 4.98 Å². The summed E-state index contributed by atoms with van der Waals surface area (Å²) in [5.74, 6) is -0.946. The average Bonchev–Trinajstić information content (AvgIpc) is 2.78. The second-order valence-corrected chi connectivity index (χ2v) is 5.27. The third kappa shape index (κ3) is 2.65. The van der Waals surface area contributed by atoms with E-state index in [2.05, 4.69) is 20.9 Å². The molecule has 88 valence electrons. The molecule has 1 heterocycles. The lowest BCUT2D eigenvalue weighted by molar-refractivity contribution is 0.0702. The van der Waals surface area contributed by atoms with Crippen molar-refractivity contribution in [3.63, 3.8) is 0 Å². The van der Waals surface area contributed by atoms with Crippen LogP contribution in [0.5, 0.6) is 0 Å². The van der Waals surface area contributed by atoms with Crippen LogP contribution in [0.2, 0.25) is 0 Å². The lowest BCUT2D eigenvalue weighted by Gasteiger charge is -2.15. The number of carboxylic acids is 1. The lowest BCUT2D eigenvalue weighted by atomic mass is 10.3. The number of benzene rings is 1. The van der Waals surface area contributed by atoms with Gasteiger partial charge in [-0.1, -0.05) is 27.3 Å². The summed E-state index contributed by atoms with van der Waals surface area (Å²) >= 11 is 4.52. The monoisotopic (exact) mass is 312 g/mol. The fraction of sp³-hybridized carbons (Fsp3) is 0.0909. The first-order valence-corrected chi connectivity index (χ1v) is 6.37. The fourth-order valence-electron chi connectivity index (χ4n) is 1.29. The minimum Gasteiger partial charge on any atom is -0.477 e. The predicted molar refractivity (Wildman–Crippen MR) is 71.3 cm³/mol. The van der Waals surface area contributed by atoms with Gasteiger partial charge in [0.2, 0.25) is 0 Å². The molecule has 0 bridgehead atoms. The molecule has 2 rings (SSSR count). The molecule has 0 amide bonds. The number of carbonyl (C=O) groups is 1. The fourth-order valence-corrected chi connectivity index (χ4v) is 2.30. The van der Waals surface area contributed by atoms with Gasteiger partial charge in [-0.25, -0.2) is 9.78 Å². The van der Waals surface area contributed by atoms with E-state index in [-0.39, 0.29) is 4.88 Å². The molecule has 1 aromatic carbocycles. The Balaban J connectivity index is 2.27. The quantitative estimate of drug-likeness (QED) is 0.944. The first-order chi connectivity index (χ1) is 8.08. The van der Waals surface area contributed by atoms with E-state index in [9.17, 15) is 4.79 Å². The largest absolute Gasteiger partial charge is 0.477 e. The molecule has 6 heteroatoms.